The molecule has 2 rings (SSSR count). The van der Waals surface area contributed by atoms with E-state index in [0.717, 1.165) is 29.8 Å². The molecular weight excluding hydrogens is 242 g/mol. The van der Waals surface area contributed by atoms with Gasteiger partial charge in [0.2, 0.25) is 0 Å². The quantitative estimate of drug-likeness (QED) is 0.894. The van der Waals surface area contributed by atoms with Gasteiger partial charge in [0.1, 0.15) is 0 Å². The zero-order valence-corrected chi connectivity index (χ0v) is 12.6. The van der Waals surface area contributed by atoms with Crippen LogP contribution in [0.2, 0.25) is 0 Å². The Labute approximate surface area is 114 Å². The molecule has 1 atom stereocenters. The van der Waals surface area contributed by atoms with Crippen LogP contribution in [0.4, 0.5) is 5.13 Å². The normalized spacial score (nSPS) is 22.0. The SMILES string of the molecule is CC(C)(C)C1CCCN(c2nc(CN)cs2)CC1. The maximum absolute atomic E-state index is 5.63. The Hall–Kier alpha value is -0.610. The second-order valence-corrected chi connectivity index (χ2v) is 7.14. The number of aromatic nitrogens is 1. The van der Waals surface area contributed by atoms with Crippen LogP contribution in [0.3, 0.4) is 0 Å². The van der Waals surface area contributed by atoms with Crippen molar-refractivity contribution >= 4 is 16.5 Å². The maximum Gasteiger partial charge on any atom is 0.185 e. The average Bonchev–Trinajstić information content (AvgIpc) is 2.64. The van der Waals surface area contributed by atoms with Crippen LogP contribution >= 0.6 is 11.3 Å². The fraction of sp³-hybridized carbons (Fsp3) is 0.786. The zero-order chi connectivity index (χ0) is 13.2. The average molecular weight is 267 g/mol. The lowest BCUT2D eigenvalue weighted by atomic mass is 9.77. The summed E-state index contributed by atoms with van der Waals surface area (Å²) in [6.07, 6.45) is 3.90. The summed E-state index contributed by atoms with van der Waals surface area (Å²) < 4.78 is 0. The van der Waals surface area contributed by atoms with Crippen molar-refractivity contribution in [1.29, 1.82) is 0 Å². The highest BCUT2D eigenvalue weighted by molar-refractivity contribution is 7.13. The predicted molar refractivity (Wildman–Crippen MR) is 79.0 cm³/mol. The summed E-state index contributed by atoms with van der Waals surface area (Å²) in [6.45, 7) is 9.92. The monoisotopic (exact) mass is 267 g/mol. The minimum atomic E-state index is 0.432. The van der Waals surface area contributed by atoms with Gasteiger partial charge in [-0.15, -0.1) is 11.3 Å². The fourth-order valence-electron chi connectivity index (χ4n) is 2.69. The molecule has 1 aromatic rings. The van der Waals surface area contributed by atoms with E-state index in [4.69, 9.17) is 5.73 Å². The van der Waals surface area contributed by atoms with Crippen molar-refractivity contribution in [2.75, 3.05) is 18.0 Å². The first-order valence-electron chi connectivity index (χ1n) is 6.90. The molecule has 1 aliphatic heterocycles. The molecule has 1 saturated heterocycles. The molecule has 2 heterocycles. The van der Waals surface area contributed by atoms with Gasteiger partial charge in [-0.25, -0.2) is 4.98 Å². The van der Waals surface area contributed by atoms with Gasteiger partial charge in [0.05, 0.1) is 5.69 Å². The predicted octanol–water partition coefficient (Wildman–Crippen LogP) is 3.25. The number of nitrogens with zero attached hydrogens (tertiary/aromatic N) is 2. The standard InChI is InChI=1S/C14H25N3S/c1-14(2,3)11-5-4-7-17(8-6-11)13-16-12(9-15)10-18-13/h10-11H,4-9,15H2,1-3H3. The van der Waals surface area contributed by atoms with Gasteiger partial charge in [0, 0.05) is 25.0 Å². The highest BCUT2D eigenvalue weighted by atomic mass is 32.1. The Morgan fingerprint density at radius 2 is 2.17 bits per heavy atom. The molecule has 3 nitrogen and oxygen atoms in total. The molecule has 0 saturated carbocycles. The topological polar surface area (TPSA) is 42.2 Å². The second-order valence-electron chi connectivity index (χ2n) is 6.31. The van der Waals surface area contributed by atoms with Crippen LogP contribution in [0.1, 0.15) is 45.7 Å². The number of nitrogens with two attached hydrogens (primary N) is 1. The molecule has 102 valence electrons. The Balaban J connectivity index is 2.00. The number of hydrogen-bond donors (Lipinski definition) is 1. The van der Waals surface area contributed by atoms with Gasteiger partial charge in [-0.3, -0.25) is 0 Å². The fourth-order valence-corrected chi connectivity index (χ4v) is 3.58. The lowest BCUT2D eigenvalue weighted by molar-refractivity contribution is 0.220. The number of rotatable bonds is 2. The van der Waals surface area contributed by atoms with Gasteiger partial charge >= 0.3 is 0 Å². The first-order chi connectivity index (χ1) is 8.50. The molecule has 1 fully saturated rings. The molecule has 0 amide bonds. The van der Waals surface area contributed by atoms with Crippen molar-refractivity contribution in [3.05, 3.63) is 11.1 Å². The highest BCUT2D eigenvalue weighted by Gasteiger charge is 2.27. The van der Waals surface area contributed by atoms with E-state index in [1.165, 1.54) is 19.3 Å². The van der Waals surface area contributed by atoms with Crippen LogP contribution < -0.4 is 10.6 Å². The van der Waals surface area contributed by atoms with Gasteiger partial charge in [0.25, 0.3) is 0 Å². The van der Waals surface area contributed by atoms with E-state index in [1.54, 1.807) is 11.3 Å². The maximum atomic E-state index is 5.63. The van der Waals surface area contributed by atoms with E-state index < -0.39 is 0 Å². The van der Waals surface area contributed by atoms with Crippen molar-refractivity contribution in [1.82, 2.24) is 4.98 Å². The van der Waals surface area contributed by atoms with Gasteiger partial charge < -0.3 is 10.6 Å². The molecule has 0 aliphatic carbocycles. The van der Waals surface area contributed by atoms with Gasteiger partial charge in [-0.05, 0) is 30.6 Å². The van der Waals surface area contributed by atoms with Crippen LogP contribution in [0, 0.1) is 11.3 Å². The van der Waals surface area contributed by atoms with Crippen LogP contribution in [0.25, 0.3) is 0 Å². The third-order valence-electron chi connectivity index (χ3n) is 3.97. The molecule has 1 aliphatic rings. The van der Waals surface area contributed by atoms with Crippen LogP contribution in [0.5, 0.6) is 0 Å². The summed E-state index contributed by atoms with van der Waals surface area (Å²) in [5.41, 5.74) is 7.08. The summed E-state index contributed by atoms with van der Waals surface area (Å²) in [5.74, 6) is 0.830. The number of anilines is 1. The third-order valence-corrected chi connectivity index (χ3v) is 4.92. The molecule has 0 aromatic carbocycles. The molecule has 1 aromatic heterocycles. The second kappa shape index (κ2) is 5.57. The van der Waals surface area contributed by atoms with E-state index in [2.05, 4.69) is 36.0 Å². The summed E-state index contributed by atoms with van der Waals surface area (Å²) in [6, 6.07) is 0. The minimum absolute atomic E-state index is 0.432. The first-order valence-corrected chi connectivity index (χ1v) is 7.78. The molecule has 18 heavy (non-hydrogen) atoms. The summed E-state index contributed by atoms with van der Waals surface area (Å²) in [4.78, 5) is 7.04. The van der Waals surface area contributed by atoms with Crippen molar-refractivity contribution < 1.29 is 0 Å². The minimum Gasteiger partial charge on any atom is -0.348 e. The molecule has 1 unspecified atom stereocenters. The van der Waals surface area contributed by atoms with Gasteiger partial charge in [-0.2, -0.15) is 0 Å². The van der Waals surface area contributed by atoms with Crippen molar-refractivity contribution in [2.24, 2.45) is 17.1 Å². The third kappa shape index (κ3) is 3.23. The molecule has 0 bridgehead atoms. The Bertz CT molecular complexity index is 381. The summed E-state index contributed by atoms with van der Waals surface area (Å²) in [7, 11) is 0. The lowest BCUT2D eigenvalue weighted by Crippen LogP contribution is -2.26. The Morgan fingerprint density at radius 3 is 2.78 bits per heavy atom. The van der Waals surface area contributed by atoms with E-state index >= 15 is 0 Å². The van der Waals surface area contributed by atoms with Crippen molar-refractivity contribution in [2.45, 2.75) is 46.6 Å². The smallest absolute Gasteiger partial charge is 0.185 e. The Morgan fingerprint density at radius 1 is 1.39 bits per heavy atom. The molecule has 0 spiro atoms. The van der Waals surface area contributed by atoms with Crippen molar-refractivity contribution in [3.8, 4) is 0 Å². The Kier molecular flexibility index (Phi) is 4.28. The molecule has 4 heteroatoms. The van der Waals surface area contributed by atoms with Gasteiger partial charge in [0.15, 0.2) is 5.13 Å². The summed E-state index contributed by atoms with van der Waals surface area (Å²) >= 11 is 1.73. The first kappa shape index (κ1) is 13.8. The van der Waals surface area contributed by atoms with E-state index in [9.17, 15) is 0 Å². The molecular formula is C14H25N3S. The highest BCUT2D eigenvalue weighted by Crippen LogP contribution is 2.35. The van der Waals surface area contributed by atoms with E-state index in [-0.39, 0.29) is 0 Å². The zero-order valence-electron chi connectivity index (χ0n) is 11.8. The van der Waals surface area contributed by atoms with E-state index in [1.807, 2.05) is 0 Å². The van der Waals surface area contributed by atoms with Crippen LogP contribution in [0.15, 0.2) is 5.38 Å². The molecule has 0 radical (unpaired) electrons. The number of thiazole rings is 1. The van der Waals surface area contributed by atoms with E-state index in [0.29, 0.717) is 12.0 Å². The largest absolute Gasteiger partial charge is 0.348 e. The molecule has 2 N–H and O–H groups in total. The summed E-state index contributed by atoms with van der Waals surface area (Å²) in [5, 5.41) is 3.24. The van der Waals surface area contributed by atoms with Crippen LogP contribution in [-0.2, 0) is 6.54 Å². The van der Waals surface area contributed by atoms with Gasteiger partial charge in [-0.1, -0.05) is 20.8 Å². The van der Waals surface area contributed by atoms with Crippen LogP contribution in [-0.4, -0.2) is 18.1 Å². The lowest BCUT2D eigenvalue weighted by Gasteiger charge is -2.29. The number of hydrogen-bond acceptors (Lipinski definition) is 4. The van der Waals surface area contributed by atoms with Crippen molar-refractivity contribution in [3.63, 3.8) is 0 Å².